The molecule has 216 valence electrons. The topological polar surface area (TPSA) is 136 Å². The molecule has 1 aliphatic carbocycles. The summed E-state index contributed by atoms with van der Waals surface area (Å²) in [7, 11) is 3.10. The molecule has 3 heterocycles. The van der Waals surface area contributed by atoms with Crippen LogP contribution in [0.1, 0.15) is 44.4 Å². The fourth-order valence-electron chi connectivity index (χ4n) is 5.34. The summed E-state index contributed by atoms with van der Waals surface area (Å²) < 4.78 is 31.8. The number of ether oxygens (including phenoxy) is 3. The normalized spacial score (nSPS) is 14.3. The Bertz CT molecular complexity index is 1960. The Morgan fingerprint density at radius 3 is 2.35 bits per heavy atom. The van der Waals surface area contributed by atoms with Gasteiger partial charge < -0.3 is 19.9 Å². The zero-order valence-electron chi connectivity index (χ0n) is 23.2. The zero-order chi connectivity index (χ0) is 30.2. The minimum absolute atomic E-state index is 0.108. The highest BCUT2D eigenvalue weighted by molar-refractivity contribution is 6.02. The number of primary amides is 1. The predicted molar refractivity (Wildman–Crippen MR) is 155 cm³/mol. The van der Waals surface area contributed by atoms with Crippen LogP contribution in [0.25, 0.3) is 16.6 Å². The molecule has 1 unspecified atom stereocenters. The Morgan fingerprint density at radius 2 is 1.67 bits per heavy atom. The standard InChI is InChI=1S/C32H25FN4O6/c1-41-29-14-21-25(15-30(29)42-2)35-10-9-28(21)43-20-7-8-24(36-16-20)17-11-26-22(27(38)12-17)13-23(31(34)39)32(40)37(26)19-5-3-18(33)4-6-19/h3-10,13-17H,11-12H2,1-2H3,(H2,34,39). The number of hydrogen-bond donors (Lipinski definition) is 1. The number of halogens is 1. The molecule has 11 heteroatoms. The van der Waals surface area contributed by atoms with Crippen LogP contribution in [-0.2, 0) is 6.42 Å². The number of methoxy groups -OCH3 is 2. The molecule has 0 saturated carbocycles. The molecule has 1 amide bonds. The molecule has 43 heavy (non-hydrogen) atoms. The van der Waals surface area contributed by atoms with Gasteiger partial charge in [-0.15, -0.1) is 0 Å². The van der Waals surface area contributed by atoms with Gasteiger partial charge in [-0.1, -0.05) is 0 Å². The maximum atomic E-state index is 13.7. The Balaban J connectivity index is 1.33. The van der Waals surface area contributed by atoms with Crippen molar-refractivity contribution in [2.24, 2.45) is 5.73 Å². The van der Waals surface area contributed by atoms with Crippen LogP contribution >= 0.6 is 0 Å². The summed E-state index contributed by atoms with van der Waals surface area (Å²) in [6.07, 6.45) is 3.57. The number of Topliss-reactive ketones (excluding diaryl/α,β-unsaturated/α-hetero) is 1. The lowest BCUT2D eigenvalue weighted by Crippen LogP contribution is -2.35. The highest BCUT2D eigenvalue weighted by Gasteiger charge is 2.32. The summed E-state index contributed by atoms with van der Waals surface area (Å²) in [5.41, 5.74) is 6.68. The summed E-state index contributed by atoms with van der Waals surface area (Å²) in [5, 5.41) is 0.716. The molecule has 2 aromatic carbocycles. The van der Waals surface area contributed by atoms with E-state index in [1.165, 1.54) is 34.9 Å². The number of carbonyl (C=O) groups excluding carboxylic acids is 2. The van der Waals surface area contributed by atoms with E-state index in [1.807, 2.05) is 0 Å². The van der Waals surface area contributed by atoms with Gasteiger partial charge in [-0.05, 0) is 61.0 Å². The van der Waals surface area contributed by atoms with E-state index in [1.54, 1.807) is 56.9 Å². The minimum atomic E-state index is -0.949. The van der Waals surface area contributed by atoms with E-state index < -0.39 is 17.3 Å². The number of nitrogens with zero attached hydrogens (tertiary/aromatic N) is 3. The first-order valence-electron chi connectivity index (χ1n) is 13.3. The average Bonchev–Trinajstić information content (AvgIpc) is 3.01. The summed E-state index contributed by atoms with van der Waals surface area (Å²) in [6, 6.07) is 15.3. The quantitative estimate of drug-likeness (QED) is 0.292. The molecule has 3 aromatic heterocycles. The molecule has 0 fully saturated rings. The number of aromatic nitrogens is 3. The van der Waals surface area contributed by atoms with Gasteiger partial charge in [0.25, 0.3) is 11.5 Å². The van der Waals surface area contributed by atoms with Crippen LogP contribution in [0, 0.1) is 5.82 Å². The number of fused-ring (bicyclic) bond motifs is 2. The van der Waals surface area contributed by atoms with Crippen molar-refractivity contribution in [3.05, 3.63) is 112 Å². The zero-order valence-corrected chi connectivity index (χ0v) is 23.2. The number of rotatable bonds is 7. The van der Waals surface area contributed by atoms with Gasteiger partial charge in [0.1, 0.15) is 22.9 Å². The molecule has 1 atom stereocenters. The second-order valence-electron chi connectivity index (χ2n) is 9.98. The van der Waals surface area contributed by atoms with Gasteiger partial charge in [0, 0.05) is 52.6 Å². The molecule has 0 saturated heterocycles. The average molecular weight is 581 g/mol. The smallest absolute Gasteiger partial charge is 0.268 e. The third-order valence-electron chi connectivity index (χ3n) is 7.44. The van der Waals surface area contributed by atoms with Crippen LogP contribution in [-0.4, -0.2) is 40.4 Å². The summed E-state index contributed by atoms with van der Waals surface area (Å²) in [4.78, 5) is 47.6. The number of carbonyl (C=O) groups is 2. The summed E-state index contributed by atoms with van der Waals surface area (Å²) >= 11 is 0. The molecule has 1 aliphatic rings. The molecule has 0 aliphatic heterocycles. The maximum absolute atomic E-state index is 13.7. The van der Waals surface area contributed by atoms with Crippen LogP contribution in [0.3, 0.4) is 0 Å². The van der Waals surface area contributed by atoms with E-state index in [2.05, 4.69) is 9.97 Å². The van der Waals surface area contributed by atoms with Crippen molar-refractivity contribution in [2.45, 2.75) is 18.8 Å². The summed E-state index contributed by atoms with van der Waals surface area (Å²) in [5.74, 6) is 0.0120. The highest BCUT2D eigenvalue weighted by atomic mass is 19.1. The molecular formula is C32H25FN4O6. The largest absolute Gasteiger partial charge is 0.493 e. The van der Waals surface area contributed by atoms with Crippen molar-refractivity contribution in [1.82, 2.24) is 14.5 Å². The lowest BCUT2D eigenvalue weighted by Gasteiger charge is -2.27. The molecule has 0 spiro atoms. The van der Waals surface area contributed by atoms with Gasteiger partial charge in [0.05, 0.1) is 25.9 Å². The third-order valence-corrected chi connectivity index (χ3v) is 7.44. The third kappa shape index (κ3) is 5.05. The first kappa shape index (κ1) is 27.6. The molecule has 5 aromatic rings. The SMILES string of the molecule is COc1cc2nccc(Oc3ccc(C4CC(=O)c5cc(C(N)=O)c(=O)n(-c6ccc(F)cc6)c5C4)nc3)c2cc1OC. The predicted octanol–water partition coefficient (Wildman–Crippen LogP) is 4.74. The van der Waals surface area contributed by atoms with Crippen LogP contribution in [0.2, 0.25) is 0 Å². The van der Waals surface area contributed by atoms with Crippen molar-refractivity contribution in [1.29, 1.82) is 0 Å². The minimum Gasteiger partial charge on any atom is -0.493 e. The first-order valence-corrected chi connectivity index (χ1v) is 13.3. The number of ketones is 1. The number of hydrogen-bond acceptors (Lipinski definition) is 8. The van der Waals surface area contributed by atoms with E-state index in [9.17, 15) is 18.8 Å². The van der Waals surface area contributed by atoms with Crippen molar-refractivity contribution in [2.75, 3.05) is 14.2 Å². The molecule has 0 radical (unpaired) electrons. The Kier molecular flexibility index (Phi) is 7.06. The van der Waals surface area contributed by atoms with Gasteiger partial charge in [0.2, 0.25) is 0 Å². The van der Waals surface area contributed by atoms with Crippen LogP contribution in [0.5, 0.6) is 23.0 Å². The van der Waals surface area contributed by atoms with E-state index in [0.717, 1.165) is 0 Å². The van der Waals surface area contributed by atoms with Gasteiger partial charge in [-0.2, -0.15) is 0 Å². The van der Waals surface area contributed by atoms with Gasteiger partial charge in [0.15, 0.2) is 17.3 Å². The summed E-state index contributed by atoms with van der Waals surface area (Å²) in [6.45, 7) is 0. The fraction of sp³-hybridized carbons (Fsp3) is 0.156. The Morgan fingerprint density at radius 1 is 0.930 bits per heavy atom. The van der Waals surface area contributed by atoms with Crippen molar-refractivity contribution in [3.63, 3.8) is 0 Å². The van der Waals surface area contributed by atoms with E-state index >= 15 is 0 Å². The molecular weight excluding hydrogens is 555 g/mol. The number of benzene rings is 2. The molecule has 2 N–H and O–H groups in total. The van der Waals surface area contributed by atoms with Crippen LogP contribution < -0.4 is 25.5 Å². The second-order valence-corrected chi connectivity index (χ2v) is 9.98. The molecule has 10 nitrogen and oxygen atoms in total. The van der Waals surface area contributed by atoms with Gasteiger partial charge in [-0.25, -0.2) is 4.39 Å². The van der Waals surface area contributed by atoms with E-state index in [0.29, 0.717) is 51.0 Å². The monoisotopic (exact) mass is 580 g/mol. The Labute approximate surface area is 244 Å². The first-order chi connectivity index (χ1) is 20.8. The number of amides is 1. The highest BCUT2D eigenvalue weighted by Crippen LogP contribution is 2.38. The van der Waals surface area contributed by atoms with E-state index in [4.69, 9.17) is 19.9 Å². The molecule has 6 rings (SSSR count). The van der Waals surface area contributed by atoms with Crippen molar-refractivity contribution >= 4 is 22.6 Å². The van der Waals surface area contributed by atoms with Crippen LogP contribution in [0.15, 0.2) is 77.9 Å². The number of nitrogens with two attached hydrogens (primary N) is 1. The lowest BCUT2D eigenvalue weighted by atomic mass is 9.83. The van der Waals surface area contributed by atoms with E-state index in [-0.39, 0.29) is 35.7 Å². The second kappa shape index (κ2) is 11.0. The van der Waals surface area contributed by atoms with Gasteiger partial charge in [-0.3, -0.25) is 28.9 Å². The fourth-order valence-corrected chi connectivity index (χ4v) is 5.34. The van der Waals surface area contributed by atoms with Crippen molar-refractivity contribution in [3.8, 4) is 28.7 Å². The van der Waals surface area contributed by atoms with Crippen molar-refractivity contribution < 1.29 is 28.2 Å². The lowest BCUT2D eigenvalue weighted by molar-refractivity contribution is 0.0961. The van der Waals surface area contributed by atoms with Gasteiger partial charge >= 0.3 is 0 Å². The Hall–Kier alpha value is -5.58. The van der Waals surface area contributed by atoms with Crippen LogP contribution in [0.4, 0.5) is 4.39 Å². The molecule has 0 bridgehead atoms. The maximum Gasteiger partial charge on any atom is 0.268 e. The number of pyridine rings is 3.